The van der Waals surface area contributed by atoms with E-state index in [2.05, 4.69) is 153 Å². The van der Waals surface area contributed by atoms with Crippen molar-refractivity contribution < 1.29 is 9.84 Å². The highest BCUT2D eigenvalue weighted by molar-refractivity contribution is 5.82. The molecule has 5 aromatic carbocycles. The van der Waals surface area contributed by atoms with E-state index in [0.717, 1.165) is 72.5 Å². The van der Waals surface area contributed by atoms with Crippen molar-refractivity contribution in [2.24, 2.45) is 0 Å². The molecular weight excluding hydrogens is 649 g/mol. The Morgan fingerprint density at radius 1 is 0.585 bits per heavy atom. The van der Waals surface area contributed by atoms with Gasteiger partial charge >= 0.3 is 0 Å². The Kier molecular flexibility index (Phi) is 12.1. The smallest absolute Gasteiger partial charge is 0.119 e. The van der Waals surface area contributed by atoms with Gasteiger partial charge in [0.2, 0.25) is 0 Å². The number of unbranched alkanes of at least 4 members (excludes halogenated alkanes) is 2. The molecule has 0 aromatic heterocycles. The van der Waals surface area contributed by atoms with Crippen molar-refractivity contribution in [3.63, 3.8) is 0 Å². The van der Waals surface area contributed by atoms with E-state index in [0.29, 0.717) is 6.61 Å². The molecule has 0 saturated heterocycles. The van der Waals surface area contributed by atoms with Crippen molar-refractivity contribution in [3.05, 3.63) is 143 Å². The third-order valence-electron chi connectivity index (χ3n) is 10.4. The Balaban J connectivity index is 1.24. The summed E-state index contributed by atoms with van der Waals surface area (Å²) in [5.74, 6) is 14.9. The number of hydrogen-bond donors (Lipinski definition) is 1. The molecule has 4 nitrogen and oxygen atoms in total. The monoisotopic (exact) mass is 700 g/mol. The summed E-state index contributed by atoms with van der Waals surface area (Å²) < 4.78 is 5.90. The van der Waals surface area contributed by atoms with Crippen LogP contribution in [0.15, 0.2) is 109 Å². The number of fused-ring (bicyclic) bond motifs is 3. The van der Waals surface area contributed by atoms with E-state index in [1.54, 1.807) is 24.3 Å². The lowest BCUT2D eigenvalue weighted by Crippen LogP contribution is -2.27. The minimum atomic E-state index is -0.0450. The fraction of sp³-hybridized carbons (Fsp3) is 0.306. The summed E-state index contributed by atoms with van der Waals surface area (Å²) in [6.07, 6.45) is 6.93. The number of benzene rings is 5. The summed E-state index contributed by atoms with van der Waals surface area (Å²) in [6.45, 7) is 8.94. The fourth-order valence-corrected chi connectivity index (χ4v) is 7.44. The molecular formula is C49H52N2O2. The van der Waals surface area contributed by atoms with Crippen molar-refractivity contribution in [1.82, 2.24) is 0 Å². The zero-order valence-corrected chi connectivity index (χ0v) is 32.0. The van der Waals surface area contributed by atoms with Gasteiger partial charge in [0.05, 0.1) is 6.54 Å². The fourth-order valence-electron chi connectivity index (χ4n) is 7.44. The van der Waals surface area contributed by atoms with E-state index in [-0.39, 0.29) is 11.2 Å². The Morgan fingerprint density at radius 2 is 1.06 bits per heavy atom. The molecule has 270 valence electrons. The molecule has 4 heteroatoms. The molecule has 0 radical (unpaired) electrons. The molecule has 0 unspecified atom stereocenters. The molecule has 0 bridgehead atoms. The summed E-state index contributed by atoms with van der Waals surface area (Å²) in [4.78, 5) is 4.40. The number of rotatable bonds is 13. The van der Waals surface area contributed by atoms with Gasteiger partial charge in [-0.15, -0.1) is 0 Å². The van der Waals surface area contributed by atoms with E-state index >= 15 is 0 Å². The second kappa shape index (κ2) is 17.3. The van der Waals surface area contributed by atoms with Gasteiger partial charge in [-0.05, 0) is 139 Å². The van der Waals surface area contributed by atoms with Gasteiger partial charge in [0, 0.05) is 59.7 Å². The number of hydrogen-bond acceptors (Lipinski definition) is 4. The van der Waals surface area contributed by atoms with Crippen LogP contribution in [0.2, 0.25) is 0 Å². The Morgan fingerprint density at radius 3 is 1.53 bits per heavy atom. The molecule has 0 spiro atoms. The van der Waals surface area contributed by atoms with Crippen LogP contribution in [-0.2, 0) is 5.41 Å². The number of ether oxygens (including phenoxy) is 1. The minimum absolute atomic E-state index is 0.0450. The molecule has 1 aliphatic rings. The van der Waals surface area contributed by atoms with Gasteiger partial charge in [-0.1, -0.05) is 75.3 Å². The molecule has 0 atom stereocenters. The quantitative estimate of drug-likeness (QED) is 0.124. The number of likely N-dealkylation sites (N-methyl/N-ethyl adjacent to an activating group) is 1. The van der Waals surface area contributed by atoms with Crippen LogP contribution in [0.1, 0.15) is 92.7 Å². The lowest BCUT2D eigenvalue weighted by atomic mass is 9.70. The molecule has 53 heavy (non-hydrogen) atoms. The maximum absolute atomic E-state index is 9.52. The van der Waals surface area contributed by atoms with E-state index in [1.165, 1.54) is 40.8 Å². The first-order valence-electron chi connectivity index (χ1n) is 19.2. The van der Waals surface area contributed by atoms with E-state index in [4.69, 9.17) is 4.74 Å². The van der Waals surface area contributed by atoms with Crippen molar-refractivity contribution in [1.29, 1.82) is 0 Å². The Hall–Kier alpha value is -5.58. The average Bonchev–Trinajstić information content (AvgIpc) is 3.45. The maximum Gasteiger partial charge on any atom is 0.119 e. The molecule has 5 aromatic rings. The second-order valence-corrected chi connectivity index (χ2v) is 14.2. The maximum atomic E-state index is 9.52. The van der Waals surface area contributed by atoms with Gasteiger partial charge in [0.1, 0.15) is 18.1 Å². The van der Waals surface area contributed by atoms with E-state index in [9.17, 15) is 5.11 Å². The van der Waals surface area contributed by atoms with E-state index < -0.39 is 0 Å². The highest BCUT2D eigenvalue weighted by Crippen LogP contribution is 2.54. The molecule has 0 fully saturated rings. The number of anilines is 2. The molecule has 0 heterocycles. The highest BCUT2D eigenvalue weighted by atomic mass is 16.5. The summed E-state index contributed by atoms with van der Waals surface area (Å²) in [5, 5.41) is 9.52. The van der Waals surface area contributed by atoms with E-state index in [1.807, 2.05) is 0 Å². The van der Waals surface area contributed by atoms with Gasteiger partial charge in [-0.25, -0.2) is 0 Å². The predicted molar refractivity (Wildman–Crippen MR) is 222 cm³/mol. The van der Waals surface area contributed by atoms with Crippen LogP contribution in [0.5, 0.6) is 11.5 Å². The predicted octanol–water partition coefficient (Wildman–Crippen LogP) is 10.8. The van der Waals surface area contributed by atoms with Crippen molar-refractivity contribution in [2.45, 2.75) is 64.7 Å². The molecule has 6 rings (SSSR count). The Bertz CT molecular complexity index is 2100. The SMILES string of the molecule is CCCCC1(CCCC)c2cc(C#Cc3ccc(N(C)C)cc3)ccc2-c2ccc(C#Cc3ccc(N(CC)CCOc4ccc(O)cc4)cc3)cc21. The number of aromatic hydroxyl groups is 1. The van der Waals surface area contributed by atoms with Crippen LogP contribution < -0.4 is 14.5 Å². The van der Waals surface area contributed by atoms with Crippen LogP contribution in [-0.4, -0.2) is 38.9 Å². The van der Waals surface area contributed by atoms with Gasteiger partial charge < -0.3 is 19.6 Å². The van der Waals surface area contributed by atoms with Gasteiger partial charge in [-0.3, -0.25) is 0 Å². The van der Waals surface area contributed by atoms with Gasteiger partial charge in [0.15, 0.2) is 0 Å². The average molecular weight is 701 g/mol. The van der Waals surface area contributed by atoms with Crippen LogP contribution in [0.25, 0.3) is 11.1 Å². The first-order valence-corrected chi connectivity index (χ1v) is 19.2. The largest absolute Gasteiger partial charge is 0.508 e. The number of nitrogens with zero attached hydrogens (tertiary/aromatic N) is 2. The second-order valence-electron chi connectivity index (χ2n) is 14.2. The highest BCUT2D eigenvalue weighted by Gasteiger charge is 2.42. The lowest BCUT2D eigenvalue weighted by Gasteiger charge is -2.33. The topological polar surface area (TPSA) is 35.9 Å². The zero-order chi connectivity index (χ0) is 37.2. The van der Waals surface area contributed by atoms with Crippen LogP contribution in [0.4, 0.5) is 11.4 Å². The lowest BCUT2D eigenvalue weighted by molar-refractivity contribution is 0.323. The van der Waals surface area contributed by atoms with Crippen LogP contribution in [0.3, 0.4) is 0 Å². The normalized spacial score (nSPS) is 12.1. The molecule has 0 amide bonds. The molecule has 0 saturated carbocycles. The van der Waals surface area contributed by atoms with Crippen molar-refractivity contribution in [3.8, 4) is 46.3 Å². The van der Waals surface area contributed by atoms with Crippen molar-refractivity contribution in [2.75, 3.05) is 43.6 Å². The standard InChI is InChI=1S/C49H52N2O2/c1-6-9-31-49(32-10-7-2)47-35-39(13-11-37-15-21-41(22-16-37)50(4)5)19-29-45(47)46-30-20-40(36-48(46)49)14-12-38-17-23-42(24-18-38)51(8-3)33-34-53-44-27-25-43(52)26-28-44/h15-30,35-36,52H,6-10,31-34H2,1-5H3. The Labute approximate surface area is 317 Å². The van der Waals surface area contributed by atoms with Gasteiger partial charge in [0.25, 0.3) is 0 Å². The summed E-state index contributed by atoms with van der Waals surface area (Å²) in [7, 11) is 4.12. The minimum Gasteiger partial charge on any atom is -0.508 e. The molecule has 0 aliphatic heterocycles. The molecule has 1 N–H and O–H groups in total. The van der Waals surface area contributed by atoms with Crippen LogP contribution >= 0.6 is 0 Å². The molecule has 1 aliphatic carbocycles. The number of phenolic OH excluding ortho intramolecular Hbond substituents is 1. The van der Waals surface area contributed by atoms with Crippen molar-refractivity contribution >= 4 is 11.4 Å². The summed E-state index contributed by atoms with van der Waals surface area (Å²) in [5.41, 5.74) is 12.0. The third kappa shape index (κ3) is 8.73. The van der Waals surface area contributed by atoms with Gasteiger partial charge in [-0.2, -0.15) is 0 Å². The first-order chi connectivity index (χ1) is 25.8. The summed E-state index contributed by atoms with van der Waals surface area (Å²) in [6, 6.07) is 37.6. The number of phenols is 1. The third-order valence-corrected chi connectivity index (χ3v) is 10.4. The first kappa shape index (κ1) is 37.2. The van der Waals surface area contributed by atoms with Crippen LogP contribution in [0, 0.1) is 23.7 Å². The summed E-state index contributed by atoms with van der Waals surface area (Å²) >= 11 is 0. The zero-order valence-electron chi connectivity index (χ0n) is 32.0.